The molecule has 1 saturated heterocycles. The van der Waals surface area contributed by atoms with Crippen LogP contribution in [-0.2, 0) is 10.0 Å². The van der Waals surface area contributed by atoms with Gasteiger partial charge in [0.25, 0.3) is 0 Å². The number of sulfonamides is 1. The molecule has 1 aliphatic heterocycles. The van der Waals surface area contributed by atoms with E-state index in [0.29, 0.717) is 19.1 Å². The molecule has 1 aromatic carbocycles. The van der Waals surface area contributed by atoms with Gasteiger partial charge in [-0.15, -0.1) is 0 Å². The van der Waals surface area contributed by atoms with Crippen LogP contribution in [0.1, 0.15) is 25.7 Å². The van der Waals surface area contributed by atoms with Gasteiger partial charge in [0.2, 0.25) is 10.0 Å². The minimum absolute atomic E-state index is 0.0490. The number of hydrogen-bond donors (Lipinski definition) is 1. The highest BCUT2D eigenvalue weighted by atomic mass is 32.2. The van der Waals surface area contributed by atoms with E-state index in [2.05, 4.69) is 5.32 Å². The van der Waals surface area contributed by atoms with E-state index in [1.54, 1.807) is 0 Å². The quantitative estimate of drug-likeness (QED) is 0.859. The second kappa shape index (κ2) is 6.75. The molecule has 1 saturated carbocycles. The van der Waals surface area contributed by atoms with Crippen LogP contribution in [0.3, 0.4) is 0 Å². The molecule has 2 aliphatic rings. The summed E-state index contributed by atoms with van der Waals surface area (Å²) in [5.74, 6) is 0.213. The third kappa shape index (κ3) is 3.84. The molecule has 0 radical (unpaired) electrons. The van der Waals surface area contributed by atoms with Crippen LogP contribution in [0.15, 0.2) is 23.1 Å². The molecule has 1 aliphatic carbocycles. The second-order valence-corrected chi connectivity index (χ2v) is 8.26. The number of nitrogens with zero attached hydrogens (tertiary/aromatic N) is 1. The van der Waals surface area contributed by atoms with E-state index < -0.39 is 15.8 Å². The number of methoxy groups -OCH3 is 1. The SMILES string of the molecule is COc1cc(S(=O)(=O)N2CCC(NCC3CC3)CC2)ccc1F. The molecule has 2 fully saturated rings. The number of rotatable bonds is 6. The Labute approximate surface area is 136 Å². The van der Waals surface area contributed by atoms with Gasteiger partial charge >= 0.3 is 0 Å². The van der Waals surface area contributed by atoms with Gasteiger partial charge in [-0.1, -0.05) is 0 Å². The van der Waals surface area contributed by atoms with Crippen molar-refractivity contribution in [3.8, 4) is 5.75 Å². The van der Waals surface area contributed by atoms with E-state index in [0.717, 1.165) is 31.4 Å². The van der Waals surface area contributed by atoms with Crippen LogP contribution in [0.2, 0.25) is 0 Å². The van der Waals surface area contributed by atoms with Crippen LogP contribution < -0.4 is 10.1 Å². The monoisotopic (exact) mass is 342 g/mol. The molecule has 0 aromatic heterocycles. The minimum Gasteiger partial charge on any atom is -0.494 e. The van der Waals surface area contributed by atoms with E-state index in [9.17, 15) is 12.8 Å². The highest BCUT2D eigenvalue weighted by Crippen LogP contribution is 2.29. The molecule has 1 N–H and O–H groups in total. The van der Waals surface area contributed by atoms with E-state index in [1.165, 1.54) is 36.4 Å². The third-order valence-corrected chi connectivity index (χ3v) is 6.50. The highest BCUT2D eigenvalue weighted by Gasteiger charge is 2.30. The number of ether oxygens (including phenoxy) is 1. The predicted octanol–water partition coefficient (Wildman–Crippen LogP) is 1.99. The van der Waals surface area contributed by atoms with E-state index in [-0.39, 0.29) is 10.6 Å². The zero-order valence-electron chi connectivity index (χ0n) is 13.3. The van der Waals surface area contributed by atoms with Gasteiger partial charge in [0.05, 0.1) is 12.0 Å². The van der Waals surface area contributed by atoms with Crippen molar-refractivity contribution in [2.24, 2.45) is 5.92 Å². The van der Waals surface area contributed by atoms with Crippen LogP contribution in [0.4, 0.5) is 4.39 Å². The summed E-state index contributed by atoms with van der Waals surface area (Å²) in [5, 5.41) is 3.53. The first-order chi connectivity index (χ1) is 11.0. The molecule has 1 heterocycles. The maximum atomic E-state index is 13.5. The van der Waals surface area contributed by atoms with Crippen molar-refractivity contribution in [2.45, 2.75) is 36.6 Å². The van der Waals surface area contributed by atoms with Gasteiger partial charge < -0.3 is 10.1 Å². The van der Waals surface area contributed by atoms with Gasteiger partial charge in [0.15, 0.2) is 11.6 Å². The van der Waals surface area contributed by atoms with E-state index >= 15 is 0 Å². The molecule has 0 amide bonds. The summed E-state index contributed by atoms with van der Waals surface area (Å²) in [5.41, 5.74) is 0. The molecule has 5 nitrogen and oxygen atoms in total. The number of nitrogens with one attached hydrogen (secondary N) is 1. The lowest BCUT2D eigenvalue weighted by Gasteiger charge is -2.31. The van der Waals surface area contributed by atoms with Gasteiger partial charge in [-0.25, -0.2) is 12.8 Å². The fourth-order valence-electron chi connectivity index (χ4n) is 2.91. The summed E-state index contributed by atoms with van der Waals surface area (Å²) in [7, 11) is -2.27. The normalized spacial score (nSPS) is 20.6. The Hall–Kier alpha value is -1.18. The molecular formula is C16H23FN2O3S. The van der Waals surface area contributed by atoms with Crippen LogP contribution in [0.25, 0.3) is 0 Å². The largest absolute Gasteiger partial charge is 0.494 e. The van der Waals surface area contributed by atoms with Crippen molar-refractivity contribution in [2.75, 3.05) is 26.7 Å². The van der Waals surface area contributed by atoms with Gasteiger partial charge in [0.1, 0.15) is 0 Å². The molecule has 128 valence electrons. The first-order valence-corrected chi connectivity index (χ1v) is 9.52. The summed E-state index contributed by atoms with van der Waals surface area (Å²) >= 11 is 0. The summed E-state index contributed by atoms with van der Waals surface area (Å²) in [4.78, 5) is 0.0835. The van der Waals surface area contributed by atoms with Crippen LogP contribution in [0, 0.1) is 11.7 Å². The lowest BCUT2D eigenvalue weighted by Crippen LogP contribution is -2.45. The lowest BCUT2D eigenvalue weighted by atomic mass is 10.1. The third-order valence-electron chi connectivity index (χ3n) is 4.61. The van der Waals surface area contributed by atoms with Crippen molar-refractivity contribution in [1.82, 2.24) is 9.62 Å². The Morgan fingerprint density at radius 2 is 1.96 bits per heavy atom. The van der Waals surface area contributed by atoms with E-state index in [4.69, 9.17) is 4.74 Å². The summed E-state index contributed by atoms with van der Waals surface area (Å²) in [6, 6.07) is 4.08. The number of halogens is 1. The zero-order valence-corrected chi connectivity index (χ0v) is 14.1. The molecule has 0 unspecified atom stereocenters. The Balaban J connectivity index is 1.63. The Morgan fingerprint density at radius 1 is 1.26 bits per heavy atom. The Morgan fingerprint density at radius 3 is 2.57 bits per heavy atom. The van der Waals surface area contributed by atoms with Crippen LogP contribution in [-0.4, -0.2) is 45.5 Å². The Kier molecular flexibility index (Phi) is 4.89. The standard InChI is InChI=1S/C16H23FN2O3S/c1-22-16-10-14(4-5-15(16)17)23(20,21)19-8-6-13(7-9-19)18-11-12-2-3-12/h4-5,10,12-13,18H,2-3,6-9,11H2,1H3. The van der Waals surface area contributed by atoms with Crippen LogP contribution in [0.5, 0.6) is 5.75 Å². The molecule has 23 heavy (non-hydrogen) atoms. The molecular weight excluding hydrogens is 319 g/mol. The first kappa shape index (κ1) is 16.7. The van der Waals surface area contributed by atoms with Crippen molar-refractivity contribution in [3.05, 3.63) is 24.0 Å². The van der Waals surface area contributed by atoms with Crippen molar-refractivity contribution in [1.29, 1.82) is 0 Å². The topological polar surface area (TPSA) is 58.6 Å². The molecule has 1 aromatic rings. The van der Waals surface area contributed by atoms with Crippen molar-refractivity contribution < 1.29 is 17.5 Å². The highest BCUT2D eigenvalue weighted by molar-refractivity contribution is 7.89. The molecule has 3 rings (SSSR count). The van der Waals surface area contributed by atoms with Gasteiger partial charge in [0, 0.05) is 25.2 Å². The molecule has 0 bridgehead atoms. The average molecular weight is 342 g/mol. The van der Waals surface area contributed by atoms with E-state index in [1.807, 2.05) is 0 Å². The van der Waals surface area contributed by atoms with Crippen LogP contribution >= 0.6 is 0 Å². The smallest absolute Gasteiger partial charge is 0.243 e. The molecule has 0 spiro atoms. The van der Waals surface area contributed by atoms with Crippen molar-refractivity contribution >= 4 is 10.0 Å². The number of benzene rings is 1. The van der Waals surface area contributed by atoms with Gasteiger partial charge in [-0.05, 0) is 50.3 Å². The van der Waals surface area contributed by atoms with Crippen molar-refractivity contribution in [3.63, 3.8) is 0 Å². The fraction of sp³-hybridized carbons (Fsp3) is 0.625. The van der Waals surface area contributed by atoms with Gasteiger partial charge in [-0.3, -0.25) is 0 Å². The average Bonchev–Trinajstić information content (AvgIpc) is 3.38. The lowest BCUT2D eigenvalue weighted by molar-refractivity contribution is 0.288. The Bertz CT molecular complexity index is 653. The minimum atomic E-state index is -3.59. The summed E-state index contributed by atoms with van der Waals surface area (Å²) in [6.07, 6.45) is 4.24. The number of hydrogen-bond acceptors (Lipinski definition) is 4. The maximum Gasteiger partial charge on any atom is 0.243 e. The number of piperidine rings is 1. The summed E-state index contributed by atoms with van der Waals surface area (Å²) < 4.78 is 45.2. The predicted molar refractivity (Wildman–Crippen MR) is 85.5 cm³/mol. The zero-order chi connectivity index (χ0) is 16.4. The fourth-order valence-corrected chi connectivity index (χ4v) is 4.39. The van der Waals surface area contributed by atoms with Gasteiger partial charge in [-0.2, -0.15) is 4.31 Å². The first-order valence-electron chi connectivity index (χ1n) is 8.08. The second-order valence-electron chi connectivity index (χ2n) is 6.33. The molecule has 0 atom stereocenters. The maximum absolute atomic E-state index is 13.5. The molecule has 7 heteroatoms. The summed E-state index contributed by atoms with van der Waals surface area (Å²) in [6.45, 7) is 2.03.